The van der Waals surface area contributed by atoms with E-state index in [9.17, 15) is 4.79 Å². The van der Waals surface area contributed by atoms with Crippen LogP contribution in [0.3, 0.4) is 0 Å². The normalized spacial score (nSPS) is 16.7. The minimum Gasteiger partial charge on any atom is -0.494 e. The first-order valence-electron chi connectivity index (χ1n) is 10.2. The third-order valence-electron chi connectivity index (χ3n) is 5.22. The number of benzene rings is 1. The lowest BCUT2D eigenvalue weighted by Crippen LogP contribution is -2.29. The fraction of sp³-hybridized carbons (Fsp3) is 0.524. The molecule has 0 bridgehead atoms. The van der Waals surface area contributed by atoms with E-state index in [2.05, 4.69) is 38.4 Å². The van der Waals surface area contributed by atoms with Gasteiger partial charge in [-0.2, -0.15) is 0 Å². The van der Waals surface area contributed by atoms with Crippen molar-refractivity contribution in [2.45, 2.75) is 45.4 Å². The Hall–Kier alpha value is -2.38. The van der Waals surface area contributed by atoms with Gasteiger partial charge in [-0.15, -0.1) is 0 Å². The molecule has 1 fully saturated rings. The Morgan fingerprint density at radius 2 is 2.11 bits per heavy atom. The van der Waals surface area contributed by atoms with Gasteiger partial charge in [0, 0.05) is 13.1 Å². The van der Waals surface area contributed by atoms with E-state index in [0.717, 1.165) is 24.4 Å². The first-order valence-corrected chi connectivity index (χ1v) is 10.2. The first kappa shape index (κ1) is 19.0. The molecule has 3 heterocycles. The van der Waals surface area contributed by atoms with Crippen LogP contribution in [0.15, 0.2) is 29.1 Å². The maximum atomic E-state index is 11.9. The predicted molar refractivity (Wildman–Crippen MR) is 108 cm³/mol. The second-order valence-electron chi connectivity index (χ2n) is 7.45. The van der Waals surface area contributed by atoms with E-state index in [1.807, 2.05) is 6.07 Å². The number of likely N-dealkylation sites (tertiary alicyclic amines) is 1. The summed E-state index contributed by atoms with van der Waals surface area (Å²) in [6.07, 6.45) is 4.78. The van der Waals surface area contributed by atoms with Gasteiger partial charge in [-0.1, -0.05) is 18.6 Å². The first-order chi connectivity index (χ1) is 13.8. The van der Waals surface area contributed by atoms with Crippen molar-refractivity contribution in [1.82, 2.24) is 14.9 Å². The number of hydrogen-bond acceptors (Lipinski definition) is 6. The number of nitrogens with one attached hydrogen (secondary N) is 2. The summed E-state index contributed by atoms with van der Waals surface area (Å²) in [6.45, 7) is 5.44. The number of ether oxygens (including phenoxy) is 2. The molecule has 0 amide bonds. The molecule has 0 aliphatic carbocycles. The number of aromatic nitrogens is 2. The van der Waals surface area contributed by atoms with Crippen LogP contribution in [0, 0.1) is 0 Å². The largest absolute Gasteiger partial charge is 0.494 e. The summed E-state index contributed by atoms with van der Waals surface area (Å²) in [7, 11) is 0. The number of rotatable bonds is 8. The zero-order chi connectivity index (χ0) is 19.2. The molecule has 0 spiro atoms. The average molecular weight is 384 g/mol. The highest BCUT2D eigenvalue weighted by Crippen LogP contribution is 2.18. The molecule has 0 saturated carbocycles. The number of aromatic amines is 1. The molecule has 2 aromatic rings. The summed E-state index contributed by atoms with van der Waals surface area (Å²) < 4.78 is 11.2. The fourth-order valence-corrected chi connectivity index (χ4v) is 3.72. The van der Waals surface area contributed by atoms with Crippen LogP contribution >= 0.6 is 0 Å². The Balaban J connectivity index is 1.21. The molecule has 7 nitrogen and oxygen atoms in total. The number of fused-ring (bicyclic) bond motifs is 1. The minimum atomic E-state index is -0.119. The van der Waals surface area contributed by atoms with Crippen molar-refractivity contribution < 1.29 is 9.47 Å². The summed E-state index contributed by atoms with van der Waals surface area (Å²) in [6, 6.07) is 8.38. The fourth-order valence-electron chi connectivity index (χ4n) is 3.72. The van der Waals surface area contributed by atoms with Crippen molar-refractivity contribution in [3.05, 3.63) is 51.4 Å². The van der Waals surface area contributed by atoms with Crippen LogP contribution in [-0.4, -0.2) is 41.1 Å². The zero-order valence-electron chi connectivity index (χ0n) is 16.2. The molecule has 2 aliphatic rings. The Labute approximate surface area is 165 Å². The van der Waals surface area contributed by atoms with E-state index in [0.29, 0.717) is 37.9 Å². The topological polar surface area (TPSA) is 79.5 Å². The van der Waals surface area contributed by atoms with E-state index in [-0.39, 0.29) is 5.56 Å². The Kier molecular flexibility index (Phi) is 6.24. The van der Waals surface area contributed by atoms with Crippen molar-refractivity contribution in [3.63, 3.8) is 0 Å². The molecular weight excluding hydrogens is 356 g/mol. The van der Waals surface area contributed by atoms with E-state index in [1.165, 1.54) is 37.9 Å². The smallest absolute Gasteiger partial charge is 0.258 e. The molecule has 0 radical (unpaired) electrons. The third-order valence-corrected chi connectivity index (χ3v) is 5.22. The highest BCUT2D eigenvalue weighted by atomic mass is 16.5. The summed E-state index contributed by atoms with van der Waals surface area (Å²) in [5.74, 6) is 1.41. The van der Waals surface area contributed by atoms with Gasteiger partial charge in [0.15, 0.2) is 0 Å². The molecule has 7 heteroatoms. The van der Waals surface area contributed by atoms with Crippen molar-refractivity contribution in [2.75, 3.05) is 31.6 Å². The van der Waals surface area contributed by atoms with Crippen LogP contribution < -0.4 is 15.6 Å². The minimum absolute atomic E-state index is 0.119. The van der Waals surface area contributed by atoms with Gasteiger partial charge in [-0.05, 0) is 50.0 Å². The van der Waals surface area contributed by atoms with Crippen LogP contribution in [-0.2, 0) is 24.5 Å². The number of piperidine rings is 1. The van der Waals surface area contributed by atoms with E-state index >= 15 is 0 Å². The number of H-pyrrole nitrogens is 1. The lowest BCUT2D eigenvalue weighted by atomic mass is 10.1. The van der Waals surface area contributed by atoms with Gasteiger partial charge in [-0.3, -0.25) is 14.7 Å². The van der Waals surface area contributed by atoms with Gasteiger partial charge in [0.1, 0.15) is 5.75 Å². The van der Waals surface area contributed by atoms with Gasteiger partial charge in [0.2, 0.25) is 5.95 Å². The molecule has 1 aromatic heterocycles. The lowest BCUT2D eigenvalue weighted by Gasteiger charge is -2.26. The summed E-state index contributed by atoms with van der Waals surface area (Å²) >= 11 is 0. The molecule has 1 aromatic carbocycles. The standard InChI is InChI=1S/C21H28N4O3/c26-20-18-14-27-15-19(18)23-21(24-20)22-8-5-11-28-17-7-4-6-16(12-17)13-25-9-2-1-3-10-25/h4,6-7,12H,1-3,5,8-11,13-15H2,(H2,22,23,24,26). The van der Waals surface area contributed by atoms with Crippen molar-refractivity contribution in [1.29, 1.82) is 0 Å². The quantitative estimate of drug-likeness (QED) is 0.681. The molecule has 2 N–H and O–H groups in total. The highest BCUT2D eigenvalue weighted by molar-refractivity contribution is 5.31. The van der Waals surface area contributed by atoms with Gasteiger partial charge < -0.3 is 14.8 Å². The van der Waals surface area contributed by atoms with Crippen LogP contribution in [0.25, 0.3) is 0 Å². The van der Waals surface area contributed by atoms with E-state index in [4.69, 9.17) is 9.47 Å². The number of hydrogen-bond donors (Lipinski definition) is 2. The molecule has 150 valence electrons. The molecule has 4 rings (SSSR count). The summed E-state index contributed by atoms with van der Waals surface area (Å²) in [5, 5.41) is 3.16. The van der Waals surface area contributed by atoms with Gasteiger partial charge in [0.25, 0.3) is 5.56 Å². The third kappa shape index (κ3) is 4.91. The SMILES string of the molecule is O=c1[nH]c(NCCCOc2cccc(CN3CCCCC3)c2)nc2c1COC2. The highest BCUT2D eigenvalue weighted by Gasteiger charge is 2.17. The predicted octanol–water partition coefficient (Wildman–Crippen LogP) is 2.67. The van der Waals surface area contributed by atoms with E-state index < -0.39 is 0 Å². The molecule has 1 saturated heterocycles. The molecule has 2 aliphatic heterocycles. The van der Waals surface area contributed by atoms with Crippen molar-refractivity contribution >= 4 is 5.95 Å². The van der Waals surface area contributed by atoms with Gasteiger partial charge >= 0.3 is 0 Å². The van der Waals surface area contributed by atoms with Gasteiger partial charge in [0.05, 0.1) is 31.1 Å². The van der Waals surface area contributed by atoms with Crippen molar-refractivity contribution in [2.24, 2.45) is 0 Å². The average Bonchev–Trinajstić information content (AvgIpc) is 3.18. The van der Waals surface area contributed by atoms with Crippen LogP contribution in [0.1, 0.15) is 42.5 Å². The second-order valence-corrected chi connectivity index (χ2v) is 7.45. The summed E-state index contributed by atoms with van der Waals surface area (Å²) in [4.78, 5) is 21.6. The Morgan fingerprint density at radius 3 is 3.00 bits per heavy atom. The van der Waals surface area contributed by atoms with E-state index in [1.54, 1.807) is 0 Å². The van der Waals surface area contributed by atoms with Crippen LogP contribution in [0.4, 0.5) is 5.95 Å². The van der Waals surface area contributed by atoms with Crippen LogP contribution in [0.2, 0.25) is 0 Å². The molecule has 28 heavy (non-hydrogen) atoms. The Morgan fingerprint density at radius 1 is 1.21 bits per heavy atom. The van der Waals surface area contributed by atoms with Crippen molar-refractivity contribution in [3.8, 4) is 5.75 Å². The lowest BCUT2D eigenvalue weighted by molar-refractivity contribution is 0.133. The zero-order valence-corrected chi connectivity index (χ0v) is 16.2. The molecule has 0 unspecified atom stereocenters. The maximum Gasteiger partial charge on any atom is 0.258 e. The molecular formula is C21H28N4O3. The number of anilines is 1. The number of nitrogens with zero attached hydrogens (tertiary/aromatic N) is 2. The molecule has 0 atom stereocenters. The Bertz CT molecular complexity index is 846. The second kappa shape index (κ2) is 9.21. The van der Waals surface area contributed by atoms with Gasteiger partial charge in [-0.25, -0.2) is 4.98 Å². The van der Waals surface area contributed by atoms with Crippen LogP contribution in [0.5, 0.6) is 5.75 Å². The summed E-state index contributed by atoms with van der Waals surface area (Å²) in [5.41, 5.74) is 2.55. The maximum absolute atomic E-state index is 11.9. The monoisotopic (exact) mass is 384 g/mol.